The first-order chi connectivity index (χ1) is 15.5. The minimum absolute atomic E-state index is 0.0903. The monoisotopic (exact) mass is 446 g/mol. The van der Waals surface area contributed by atoms with Crippen LogP contribution in [0.3, 0.4) is 0 Å². The summed E-state index contributed by atoms with van der Waals surface area (Å²) in [6.07, 6.45) is 0.492. The Labute approximate surface area is 191 Å². The number of nitrogens with zero attached hydrogens (tertiary/aromatic N) is 2. The van der Waals surface area contributed by atoms with Crippen molar-refractivity contribution in [2.24, 2.45) is 0 Å². The van der Waals surface area contributed by atoms with Gasteiger partial charge in [-0.15, -0.1) is 0 Å². The molecule has 0 radical (unpaired) electrons. The smallest absolute Gasteiger partial charge is 0.251 e. The first-order valence-corrected chi connectivity index (χ1v) is 10.7. The van der Waals surface area contributed by atoms with Crippen molar-refractivity contribution in [1.82, 2.24) is 14.9 Å². The van der Waals surface area contributed by atoms with Crippen LogP contribution in [0, 0.1) is 6.92 Å². The number of fused-ring (bicyclic) bond motifs is 1. The van der Waals surface area contributed by atoms with Gasteiger partial charge in [-0.25, -0.2) is 4.98 Å². The van der Waals surface area contributed by atoms with Gasteiger partial charge in [0.1, 0.15) is 12.4 Å². The molecule has 2 amide bonds. The third-order valence-corrected chi connectivity index (χ3v) is 5.46. The van der Waals surface area contributed by atoms with Gasteiger partial charge in [0, 0.05) is 18.5 Å². The molecule has 32 heavy (non-hydrogen) atoms. The fourth-order valence-electron chi connectivity index (χ4n) is 3.48. The number of carbonyl (C=O) groups excluding carboxylic acids is 2. The van der Waals surface area contributed by atoms with Crippen LogP contribution in [0.4, 0.5) is 5.69 Å². The Hall–Kier alpha value is -3.64. The van der Waals surface area contributed by atoms with Crippen LogP contribution in [0.5, 0.6) is 0 Å². The summed E-state index contributed by atoms with van der Waals surface area (Å²) in [6, 6.07) is 22.2. The second-order valence-corrected chi connectivity index (χ2v) is 7.91. The maximum Gasteiger partial charge on any atom is 0.251 e. The Kier molecular flexibility index (Phi) is 6.52. The molecule has 1 heterocycles. The molecular formula is C25H23ClN4O2. The molecule has 0 aliphatic carbocycles. The summed E-state index contributed by atoms with van der Waals surface area (Å²) in [4.78, 5) is 29.8. The summed E-state index contributed by atoms with van der Waals surface area (Å²) in [5.41, 5.74) is 3.95. The number of hydrogen-bond acceptors (Lipinski definition) is 3. The zero-order valence-corrected chi connectivity index (χ0v) is 18.4. The predicted molar refractivity (Wildman–Crippen MR) is 127 cm³/mol. The van der Waals surface area contributed by atoms with Gasteiger partial charge in [-0.2, -0.15) is 0 Å². The van der Waals surface area contributed by atoms with Gasteiger partial charge in [0.2, 0.25) is 5.91 Å². The lowest BCUT2D eigenvalue weighted by Gasteiger charge is -2.11. The maximum absolute atomic E-state index is 12.7. The normalized spacial score (nSPS) is 10.8. The minimum atomic E-state index is -0.203. The van der Waals surface area contributed by atoms with E-state index in [9.17, 15) is 9.59 Å². The molecule has 1 aromatic heterocycles. The molecule has 6 nitrogen and oxygen atoms in total. The largest absolute Gasteiger partial charge is 0.352 e. The molecule has 4 rings (SSSR count). The summed E-state index contributed by atoms with van der Waals surface area (Å²) in [5.74, 6) is 0.389. The lowest BCUT2D eigenvalue weighted by molar-refractivity contribution is -0.116. The SMILES string of the molecule is Cc1ccc(C(=O)NCCc2nc3ccccc3n2CC(=O)Nc2ccccc2Cl)cc1. The number of rotatable bonds is 7. The summed E-state index contributed by atoms with van der Waals surface area (Å²) >= 11 is 6.16. The van der Waals surface area contributed by atoms with E-state index in [1.54, 1.807) is 24.3 Å². The van der Waals surface area contributed by atoms with Crippen LogP contribution in [0.25, 0.3) is 11.0 Å². The van der Waals surface area contributed by atoms with E-state index in [2.05, 4.69) is 15.6 Å². The lowest BCUT2D eigenvalue weighted by atomic mass is 10.1. The van der Waals surface area contributed by atoms with Crippen molar-refractivity contribution in [1.29, 1.82) is 0 Å². The fourth-order valence-corrected chi connectivity index (χ4v) is 3.67. The molecule has 0 fully saturated rings. The average molecular weight is 447 g/mol. The maximum atomic E-state index is 12.7. The topological polar surface area (TPSA) is 76.0 Å². The van der Waals surface area contributed by atoms with Gasteiger partial charge in [0.15, 0.2) is 0 Å². The molecule has 7 heteroatoms. The highest BCUT2D eigenvalue weighted by Gasteiger charge is 2.15. The molecule has 0 atom stereocenters. The third kappa shape index (κ3) is 4.98. The van der Waals surface area contributed by atoms with E-state index in [1.807, 2.05) is 60.0 Å². The van der Waals surface area contributed by atoms with Gasteiger partial charge < -0.3 is 15.2 Å². The Morgan fingerprint density at radius 2 is 1.69 bits per heavy atom. The van der Waals surface area contributed by atoms with Gasteiger partial charge in [0.25, 0.3) is 5.91 Å². The number of benzene rings is 3. The summed E-state index contributed by atoms with van der Waals surface area (Å²) in [7, 11) is 0. The highest BCUT2D eigenvalue weighted by atomic mass is 35.5. The second kappa shape index (κ2) is 9.66. The number of aromatic nitrogens is 2. The van der Waals surface area contributed by atoms with Crippen molar-refractivity contribution < 1.29 is 9.59 Å². The molecule has 0 bridgehead atoms. The van der Waals surface area contributed by atoms with Crippen LogP contribution < -0.4 is 10.6 Å². The third-order valence-electron chi connectivity index (χ3n) is 5.13. The van der Waals surface area contributed by atoms with Crippen LogP contribution >= 0.6 is 11.6 Å². The van der Waals surface area contributed by atoms with Crippen LogP contribution in [0.1, 0.15) is 21.7 Å². The number of carbonyl (C=O) groups is 2. The van der Waals surface area contributed by atoms with Gasteiger partial charge in [0.05, 0.1) is 21.7 Å². The molecule has 0 aliphatic rings. The predicted octanol–water partition coefficient (Wildman–Crippen LogP) is 4.61. The molecule has 162 valence electrons. The molecular weight excluding hydrogens is 424 g/mol. The molecule has 4 aromatic rings. The van der Waals surface area contributed by atoms with E-state index in [1.165, 1.54) is 0 Å². The van der Waals surface area contributed by atoms with E-state index in [4.69, 9.17) is 11.6 Å². The summed E-state index contributed by atoms with van der Waals surface area (Å²) in [6.45, 7) is 2.48. The number of aryl methyl sites for hydroxylation is 1. The highest BCUT2D eigenvalue weighted by Crippen LogP contribution is 2.21. The number of para-hydroxylation sites is 3. The number of anilines is 1. The molecule has 0 unspecified atom stereocenters. The number of nitrogens with one attached hydrogen (secondary N) is 2. The lowest BCUT2D eigenvalue weighted by Crippen LogP contribution is -2.27. The zero-order valence-electron chi connectivity index (χ0n) is 17.6. The van der Waals surface area contributed by atoms with Crippen LogP contribution in [-0.4, -0.2) is 27.9 Å². The van der Waals surface area contributed by atoms with Crippen molar-refractivity contribution in [3.8, 4) is 0 Å². The van der Waals surface area contributed by atoms with Crippen molar-refractivity contribution in [2.45, 2.75) is 19.9 Å². The Morgan fingerprint density at radius 1 is 0.969 bits per heavy atom. The quantitative estimate of drug-likeness (QED) is 0.435. The van der Waals surface area contributed by atoms with Crippen LogP contribution in [0.15, 0.2) is 72.8 Å². The second-order valence-electron chi connectivity index (χ2n) is 7.50. The van der Waals surface area contributed by atoms with Crippen LogP contribution in [0.2, 0.25) is 5.02 Å². The first-order valence-electron chi connectivity index (χ1n) is 10.3. The van der Waals surface area contributed by atoms with Crippen molar-refractivity contribution in [3.05, 3.63) is 94.8 Å². The molecule has 3 aromatic carbocycles. The number of hydrogen-bond donors (Lipinski definition) is 2. The first kappa shape index (κ1) is 21.6. The molecule has 0 spiro atoms. The minimum Gasteiger partial charge on any atom is -0.352 e. The fraction of sp³-hybridized carbons (Fsp3) is 0.160. The molecule has 0 saturated heterocycles. The highest BCUT2D eigenvalue weighted by molar-refractivity contribution is 6.33. The van der Waals surface area contributed by atoms with E-state index >= 15 is 0 Å². The Balaban J connectivity index is 1.47. The van der Waals surface area contributed by atoms with Gasteiger partial charge >= 0.3 is 0 Å². The zero-order chi connectivity index (χ0) is 22.5. The van der Waals surface area contributed by atoms with Gasteiger partial charge in [-0.3, -0.25) is 9.59 Å². The van der Waals surface area contributed by atoms with Crippen molar-refractivity contribution >= 4 is 40.1 Å². The average Bonchev–Trinajstić information content (AvgIpc) is 3.13. The van der Waals surface area contributed by atoms with E-state index in [0.717, 1.165) is 22.4 Å². The van der Waals surface area contributed by atoms with Crippen molar-refractivity contribution in [3.63, 3.8) is 0 Å². The number of halogens is 1. The van der Waals surface area contributed by atoms with E-state index in [-0.39, 0.29) is 18.4 Å². The van der Waals surface area contributed by atoms with Gasteiger partial charge in [-0.1, -0.05) is 53.6 Å². The Morgan fingerprint density at radius 3 is 2.47 bits per heavy atom. The summed E-state index contributed by atoms with van der Waals surface area (Å²) < 4.78 is 1.87. The molecule has 0 aliphatic heterocycles. The number of amides is 2. The van der Waals surface area contributed by atoms with Crippen molar-refractivity contribution in [2.75, 3.05) is 11.9 Å². The summed E-state index contributed by atoms with van der Waals surface area (Å²) in [5, 5.41) is 6.26. The Bertz CT molecular complexity index is 1260. The van der Waals surface area contributed by atoms with Gasteiger partial charge in [-0.05, 0) is 43.3 Å². The number of imidazole rings is 1. The van der Waals surface area contributed by atoms with Crippen LogP contribution in [-0.2, 0) is 17.8 Å². The standard InChI is InChI=1S/C25H23ClN4O2/c1-17-10-12-18(13-11-17)25(32)27-15-14-23-28-21-8-4-5-9-22(21)30(23)16-24(31)29-20-7-3-2-6-19(20)26/h2-13H,14-16H2,1H3,(H,27,32)(H,29,31). The molecule has 0 saturated carbocycles. The molecule has 2 N–H and O–H groups in total. The van der Waals surface area contributed by atoms with E-state index in [0.29, 0.717) is 29.2 Å². The van der Waals surface area contributed by atoms with E-state index < -0.39 is 0 Å².